The van der Waals surface area contributed by atoms with Gasteiger partial charge < -0.3 is 5.32 Å². The van der Waals surface area contributed by atoms with E-state index in [0.717, 1.165) is 14.6 Å². The molecule has 1 unspecified atom stereocenters. The summed E-state index contributed by atoms with van der Waals surface area (Å²) >= 11 is 7.03. The first-order chi connectivity index (χ1) is 9.52. The molecular weight excluding hydrogens is 380 g/mol. The minimum atomic E-state index is 0.0821. The van der Waals surface area contributed by atoms with Crippen molar-refractivity contribution in [3.05, 3.63) is 62.3 Å². The second-order valence-electron chi connectivity index (χ2n) is 5.06. The second-order valence-corrected chi connectivity index (χ2v) is 6.83. The maximum absolute atomic E-state index is 4.53. The fraction of sp³-hybridized carbons (Fsp3) is 0.312. The predicted octanol–water partition coefficient (Wildman–Crippen LogP) is 5.04. The highest BCUT2D eigenvalue weighted by Gasteiger charge is 2.16. The smallest absolute Gasteiger partial charge is 0.0761 e. The highest BCUT2D eigenvalue weighted by Crippen LogP contribution is 2.29. The third kappa shape index (κ3) is 3.48. The maximum atomic E-state index is 4.53. The Morgan fingerprint density at radius 2 is 1.65 bits per heavy atom. The Bertz CT molecular complexity index is 580. The predicted molar refractivity (Wildman–Crippen MR) is 91.1 cm³/mol. The van der Waals surface area contributed by atoms with Crippen LogP contribution in [0.1, 0.15) is 42.6 Å². The monoisotopic (exact) mass is 396 g/mol. The zero-order valence-electron chi connectivity index (χ0n) is 11.8. The first-order valence-electron chi connectivity index (χ1n) is 6.61. The maximum Gasteiger partial charge on any atom is 0.0761 e. The van der Waals surface area contributed by atoms with Crippen LogP contribution in [0.25, 0.3) is 0 Å². The summed E-state index contributed by atoms with van der Waals surface area (Å²) < 4.78 is 1.97. The van der Waals surface area contributed by atoms with Crippen LogP contribution >= 0.6 is 31.9 Å². The van der Waals surface area contributed by atoms with Gasteiger partial charge in [0.15, 0.2) is 0 Å². The van der Waals surface area contributed by atoms with Crippen molar-refractivity contribution in [1.29, 1.82) is 0 Å². The number of hydrogen-bond donors (Lipinski definition) is 1. The molecule has 1 aromatic heterocycles. The molecule has 2 aromatic rings. The molecule has 1 N–H and O–H groups in total. The molecule has 20 heavy (non-hydrogen) atoms. The topological polar surface area (TPSA) is 24.9 Å². The lowest BCUT2D eigenvalue weighted by molar-refractivity contribution is 0.666. The lowest BCUT2D eigenvalue weighted by Gasteiger charge is -2.18. The number of nitrogens with zero attached hydrogens (tertiary/aromatic N) is 1. The summed E-state index contributed by atoms with van der Waals surface area (Å²) in [5.41, 5.74) is 3.56. The molecule has 0 spiro atoms. The summed E-state index contributed by atoms with van der Waals surface area (Å²) in [4.78, 5) is 4.53. The first kappa shape index (κ1) is 15.7. The van der Waals surface area contributed by atoms with Gasteiger partial charge in [-0.15, -0.1) is 0 Å². The summed E-state index contributed by atoms with van der Waals surface area (Å²) in [6.45, 7) is 4.41. The van der Waals surface area contributed by atoms with Gasteiger partial charge in [0.05, 0.1) is 11.7 Å². The molecule has 0 amide bonds. The number of halogens is 2. The van der Waals surface area contributed by atoms with Crippen LogP contribution in [0, 0.1) is 0 Å². The normalized spacial score (nSPS) is 12.7. The molecule has 106 valence electrons. The molecule has 0 saturated heterocycles. The Hall–Kier alpha value is -0.710. The number of pyridine rings is 1. The lowest BCUT2D eigenvalue weighted by Crippen LogP contribution is -2.19. The zero-order valence-corrected chi connectivity index (χ0v) is 15.0. The first-order valence-corrected chi connectivity index (χ1v) is 8.19. The molecule has 0 bridgehead atoms. The fourth-order valence-electron chi connectivity index (χ4n) is 2.17. The number of hydrogen-bond acceptors (Lipinski definition) is 2. The summed E-state index contributed by atoms with van der Waals surface area (Å²) in [6.07, 6.45) is 1.83. The van der Waals surface area contributed by atoms with Gasteiger partial charge in [-0.05, 0) is 62.0 Å². The molecule has 0 aliphatic rings. The van der Waals surface area contributed by atoms with E-state index >= 15 is 0 Å². The van der Waals surface area contributed by atoms with E-state index < -0.39 is 0 Å². The Morgan fingerprint density at radius 3 is 2.15 bits per heavy atom. The largest absolute Gasteiger partial charge is 0.308 e. The van der Waals surface area contributed by atoms with E-state index in [1.165, 1.54) is 11.1 Å². The highest BCUT2D eigenvalue weighted by atomic mass is 79.9. The molecule has 1 aromatic carbocycles. The molecule has 0 aliphatic carbocycles. The Morgan fingerprint density at radius 1 is 1.05 bits per heavy atom. The quantitative estimate of drug-likeness (QED) is 0.781. The van der Waals surface area contributed by atoms with Gasteiger partial charge in [0.25, 0.3) is 0 Å². The molecule has 2 rings (SSSR count). The van der Waals surface area contributed by atoms with Crippen LogP contribution in [0.4, 0.5) is 0 Å². The molecule has 0 fully saturated rings. The number of nitrogens with one attached hydrogen (secondary N) is 1. The molecule has 0 saturated carbocycles. The van der Waals surface area contributed by atoms with Gasteiger partial charge in [0.2, 0.25) is 0 Å². The summed E-state index contributed by atoms with van der Waals surface area (Å²) in [5, 5.41) is 3.34. The van der Waals surface area contributed by atoms with Crippen LogP contribution in [0.2, 0.25) is 0 Å². The van der Waals surface area contributed by atoms with Gasteiger partial charge in [-0.25, -0.2) is 0 Å². The molecule has 0 aliphatic heterocycles. The van der Waals surface area contributed by atoms with Gasteiger partial charge >= 0.3 is 0 Å². The van der Waals surface area contributed by atoms with Gasteiger partial charge in [0, 0.05) is 15.1 Å². The average Bonchev–Trinajstić information content (AvgIpc) is 2.42. The average molecular weight is 398 g/mol. The summed E-state index contributed by atoms with van der Waals surface area (Å²) in [7, 11) is 1.96. The van der Waals surface area contributed by atoms with E-state index in [-0.39, 0.29) is 6.04 Å². The van der Waals surface area contributed by atoms with Crippen LogP contribution in [0.15, 0.2) is 45.5 Å². The van der Waals surface area contributed by atoms with E-state index in [0.29, 0.717) is 5.92 Å². The van der Waals surface area contributed by atoms with Gasteiger partial charge in [-0.3, -0.25) is 4.98 Å². The van der Waals surface area contributed by atoms with Gasteiger partial charge in [0.1, 0.15) is 0 Å². The van der Waals surface area contributed by atoms with Crippen LogP contribution in [0.5, 0.6) is 0 Å². The van der Waals surface area contributed by atoms with Crippen molar-refractivity contribution in [2.75, 3.05) is 7.05 Å². The van der Waals surface area contributed by atoms with E-state index in [1.54, 1.807) is 0 Å². The zero-order chi connectivity index (χ0) is 14.7. The van der Waals surface area contributed by atoms with Crippen molar-refractivity contribution in [3.63, 3.8) is 0 Å². The van der Waals surface area contributed by atoms with Crippen LogP contribution in [0.3, 0.4) is 0 Å². The van der Waals surface area contributed by atoms with Crippen LogP contribution in [-0.2, 0) is 0 Å². The van der Waals surface area contributed by atoms with Crippen LogP contribution in [-0.4, -0.2) is 12.0 Å². The second kappa shape index (κ2) is 6.83. The summed E-state index contributed by atoms with van der Waals surface area (Å²) in [6, 6.07) is 10.8. The highest BCUT2D eigenvalue weighted by molar-refractivity contribution is 9.11. The van der Waals surface area contributed by atoms with Crippen molar-refractivity contribution in [3.8, 4) is 0 Å². The van der Waals surface area contributed by atoms with E-state index in [1.807, 2.05) is 19.3 Å². The number of benzene rings is 1. The Labute approximate surface area is 137 Å². The SMILES string of the molecule is CNC(c1ccc(C(C)C)cc1)c1ncc(Br)cc1Br. The standard InChI is InChI=1S/C16H18Br2N2/c1-10(2)11-4-6-12(7-5-11)15(19-3)16-14(18)8-13(17)9-20-16/h4-10,15,19H,1-3H3. The third-order valence-electron chi connectivity index (χ3n) is 3.33. The fourth-order valence-corrected chi connectivity index (χ4v) is 3.39. The minimum absolute atomic E-state index is 0.0821. The molecule has 1 heterocycles. The van der Waals surface area contributed by atoms with Crippen molar-refractivity contribution < 1.29 is 0 Å². The number of rotatable bonds is 4. The molecule has 4 heteroatoms. The molecule has 2 nitrogen and oxygen atoms in total. The van der Waals surface area contributed by atoms with Crippen molar-refractivity contribution in [2.24, 2.45) is 0 Å². The molecule has 1 atom stereocenters. The lowest BCUT2D eigenvalue weighted by atomic mass is 9.97. The third-order valence-corrected chi connectivity index (χ3v) is 4.40. The minimum Gasteiger partial charge on any atom is -0.308 e. The van der Waals surface area contributed by atoms with E-state index in [4.69, 9.17) is 0 Å². The van der Waals surface area contributed by atoms with Crippen molar-refractivity contribution in [2.45, 2.75) is 25.8 Å². The number of aromatic nitrogens is 1. The van der Waals surface area contributed by atoms with Gasteiger partial charge in [-0.2, -0.15) is 0 Å². The Kier molecular flexibility index (Phi) is 5.35. The van der Waals surface area contributed by atoms with Crippen molar-refractivity contribution >= 4 is 31.9 Å². The van der Waals surface area contributed by atoms with E-state index in [9.17, 15) is 0 Å². The van der Waals surface area contributed by atoms with E-state index in [2.05, 4.69) is 80.3 Å². The molecule has 0 radical (unpaired) electrons. The van der Waals surface area contributed by atoms with Crippen molar-refractivity contribution in [1.82, 2.24) is 10.3 Å². The van der Waals surface area contributed by atoms with Crippen LogP contribution < -0.4 is 5.32 Å². The summed E-state index contributed by atoms with van der Waals surface area (Å²) in [5.74, 6) is 0.551. The Balaban J connectivity index is 2.36. The van der Waals surface area contributed by atoms with Gasteiger partial charge in [-0.1, -0.05) is 38.1 Å². The molecular formula is C16H18Br2N2.